The van der Waals surface area contributed by atoms with Crippen LogP contribution in [0.25, 0.3) is 4.96 Å². The molecule has 0 N–H and O–H groups in total. The fraction of sp³-hybridized carbons (Fsp3) is 0.357. The highest BCUT2D eigenvalue weighted by Gasteiger charge is 2.12. The molecule has 0 saturated heterocycles. The second-order valence-corrected chi connectivity index (χ2v) is 7.43. The predicted octanol–water partition coefficient (Wildman–Crippen LogP) is 3.42. The third-order valence-electron chi connectivity index (χ3n) is 2.84. The summed E-state index contributed by atoms with van der Waals surface area (Å²) in [7, 11) is 0. The van der Waals surface area contributed by atoms with Crippen LogP contribution in [-0.2, 0) is 12.2 Å². The molecule has 0 amide bonds. The largest absolute Gasteiger partial charge is 0.234 e. The van der Waals surface area contributed by atoms with E-state index in [9.17, 15) is 0 Å². The summed E-state index contributed by atoms with van der Waals surface area (Å²) >= 11 is 3.47. The molecule has 0 aliphatic rings. The van der Waals surface area contributed by atoms with Gasteiger partial charge in [-0.3, -0.25) is 0 Å². The Labute approximate surface area is 126 Å². The van der Waals surface area contributed by atoms with Gasteiger partial charge in [0.05, 0.1) is 5.75 Å². The minimum Gasteiger partial charge on any atom is -0.186 e. The van der Waals surface area contributed by atoms with Gasteiger partial charge in [0.25, 0.3) is 0 Å². The Morgan fingerprint density at radius 2 is 2.00 bits per heavy atom. The SMILES string of the molecule is CC(C)SCc1nnc2sc(Cc3ccccc3)nn12. The first-order valence-corrected chi connectivity index (χ1v) is 8.44. The number of fused-ring (bicyclic) bond motifs is 1. The van der Waals surface area contributed by atoms with E-state index in [1.165, 1.54) is 5.56 Å². The van der Waals surface area contributed by atoms with Gasteiger partial charge in [-0.15, -0.1) is 10.2 Å². The van der Waals surface area contributed by atoms with E-state index >= 15 is 0 Å². The average molecular weight is 304 g/mol. The normalized spacial score (nSPS) is 11.6. The molecule has 0 spiro atoms. The van der Waals surface area contributed by atoms with Gasteiger partial charge in [0.2, 0.25) is 4.96 Å². The van der Waals surface area contributed by atoms with Gasteiger partial charge >= 0.3 is 0 Å². The van der Waals surface area contributed by atoms with Crippen molar-refractivity contribution in [3.63, 3.8) is 0 Å². The van der Waals surface area contributed by atoms with E-state index in [1.807, 2.05) is 22.3 Å². The highest BCUT2D eigenvalue weighted by Crippen LogP contribution is 2.21. The molecule has 0 aliphatic carbocycles. The Kier molecular flexibility index (Phi) is 4.03. The fourth-order valence-corrected chi connectivity index (χ4v) is 3.42. The quantitative estimate of drug-likeness (QED) is 0.724. The zero-order chi connectivity index (χ0) is 13.9. The third-order valence-corrected chi connectivity index (χ3v) is 4.83. The van der Waals surface area contributed by atoms with Gasteiger partial charge < -0.3 is 0 Å². The van der Waals surface area contributed by atoms with Gasteiger partial charge in [0.1, 0.15) is 5.01 Å². The summed E-state index contributed by atoms with van der Waals surface area (Å²) < 4.78 is 1.89. The molecule has 4 nitrogen and oxygen atoms in total. The van der Waals surface area contributed by atoms with Gasteiger partial charge in [-0.25, -0.2) is 0 Å². The standard InChI is InChI=1S/C14H16N4S2/c1-10(2)19-9-12-15-16-14-18(12)17-13(20-14)8-11-6-4-3-5-7-11/h3-7,10H,8-9H2,1-2H3. The fourth-order valence-electron chi connectivity index (χ4n) is 1.87. The lowest BCUT2D eigenvalue weighted by Gasteiger charge is -2.01. The van der Waals surface area contributed by atoms with Crippen molar-refractivity contribution in [1.82, 2.24) is 19.8 Å². The number of thioether (sulfide) groups is 1. The van der Waals surface area contributed by atoms with Gasteiger partial charge in [-0.2, -0.15) is 21.4 Å². The molecule has 0 unspecified atom stereocenters. The summed E-state index contributed by atoms with van der Waals surface area (Å²) in [5.74, 6) is 1.79. The number of rotatable bonds is 5. The first kappa shape index (κ1) is 13.6. The van der Waals surface area contributed by atoms with E-state index in [0.29, 0.717) is 5.25 Å². The van der Waals surface area contributed by atoms with Crippen LogP contribution in [0.5, 0.6) is 0 Å². The summed E-state index contributed by atoms with van der Waals surface area (Å²) in [5.41, 5.74) is 1.27. The molecule has 3 rings (SSSR count). The smallest absolute Gasteiger partial charge is 0.186 e. The number of benzene rings is 1. The van der Waals surface area contributed by atoms with Crippen LogP contribution in [0.4, 0.5) is 0 Å². The lowest BCUT2D eigenvalue weighted by Crippen LogP contribution is -1.98. The number of hydrogen-bond acceptors (Lipinski definition) is 5. The van der Waals surface area contributed by atoms with Crippen LogP contribution in [0, 0.1) is 0 Å². The molecule has 104 valence electrons. The maximum atomic E-state index is 4.64. The molecule has 2 aromatic heterocycles. The summed E-state index contributed by atoms with van der Waals surface area (Å²) in [6.07, 6.45) is 0.853. The topological polar surface area (TPSA) is 43.1 Å². The van der Waals surface area contributed by atoms with Crippen LogP contribution >= 0.6 is 23.1 Å². The Hall–Kier alpha value is -1.40. The second kappa shape index (κ2) is 5.93. The first-order valence-electron chi connectivity index (χ1n) is 6.58. The van der Waals surface area contributed by atoms with Crippen LogP contribution < -0.4 is 0 Å². The molecular weight excluding hydrogens is 288 g/mol. The third kappa shape index (κ3) is 3.02. The minimum atomic E-state index is 0.588. The van der Waals surface area contributed by atoms with E-state index in [0.717, 1.165) is 28.0 Å². The molecule has 0 atom stereocenters. The molecule has 0 aliphatic heterocycles. The van der Waals surface area contributed by atoms with E-state index in [2.05, 4.69) is 53.4 Å². The molecule has 0 radical (unpaired) electrons. The van der Waals surface area contributed by atoms with E-state index in [4.69, 9.17) is 0 Å². The molecule has 3 aromatic rings. The van der Waals surface area contributed by atoms with Crippen LogP contribution in [0.3, 0.4) is 0 Å². The van der Waals surface area contributed by atoms with Crippen LogP contribution in [0.2, 0.25) is 0 Å². The van der Waals surface area contributed by atoms with Gasteiger partial charge in [-0.05, 0) is 10.8 Å². The molecule has 0 bridgehead atoms. The monoisotopic (exact) mass is 304 g/mol. The van der Waals surface area contributed by atoms with Crippen LogP contribution in [0.1, 0.15) is 30.2 Å². The number of hydrogen-bond donors (Lipinski definition) is 0. The highest BCUT2D eigenvalue weighted by molar-refractivity contribution is 7.99. The predicted molar refractivity (Wildman–Crippen MR) is 84.3 cm³/mol. The Morgan fingerprint density at radius 1 is 1.20 bits per heavy atom. The van der Waals surface area contributed by atoms with E-state index < -0.39 is 0 Å². The Bertz CT molecular complexity index is 688. The van der Waals surface area contributed by atoms with Crippen molar-refractivity contribution >= 4 is 28.1 Å². The van der Waals surface area contributed by atoms with Gasteiger partial charge in [0, 0.05) is 6.42 Å². The Morgan fingerprint density at radius 3 is 2.75 bits per heavy atom. The van der Waals surface area contributed by atoms with E-state index in [-0.39, 0.29) is 0 Å². The lowest BCUT2D eigenvalue weighted by molar-refractivity contribution is 0.855. The maximum absolute atomic E-state index is 4.64. The van der Waals surface area contributed by atoms with Gasteiger partial charge in [0.15, 0.2) is 5.82 Å². The van der Waals surface area contributed by atoms with Crippen molar-refractivity contribution in [2.75, 3.05) is 0 Å². The summed E-state index contributed by atoms with van der Waals surface area (Å²) in [4.78, 5) is 0.885. The minimum absolute atomic E-state index is 0.588. The maximum Gasteiger partial charge on any atom is 0.234 e. The van der Waals surface area contributed by atoms with E-state index in [1.54, 1.807) is 11.3 Å². The summed E-state index contributed by atoms with van der Waals surface area (Å²) in [6.45, 7) is 4.37. The second-order valence-electron chi connectivity index (χ2n) is 4.83. The summed E-state index contributed by atoms with van der Waals surface area (Å²) in [5, 5.41) is 14.7. The molecular formula is C14H16N4S2. The molecule has 1 aromatic carbocycles. The number of aromatic nitrogens is 4. The van der Waals surface area contributed by atoms with Crippen molar-refractivity contribution in [3.05, 3.63) is 46.7 Å². The zero-order valence-electron chi connectivity index (χ0n) is 11.5. The number of nitrogens with zero attached hydrogens (tertiary/aromatic N) is 4. The van der Waals surface area contributed by atoms with Crippen molar-refractivity contribution in [1.29, 1.82) is 0 Å². The molecule has 20 heavy (non-hydrogen) atoms. The first-order chi connectivity index (χ1) is 9.72. The van der Waals surface area contributed by atoms with Gasteiger partial charge in [-0.1, -0.05) is 55.5 Å². The van der Waals surface area contributed by atoms with Crippen molar-refractivity contribution in [2.45, 2.75) is 31.3 Å². The molecule has 2 heterocycles. The van der Waals surface area contributed by atoms with Crippen molar-refractivity contribution < 1.29 is 0 Å². The molecule has 0 fully saturated rings. The molecule has 0 saturated carbocycles. The van der Waals surface area contributed by atoms with Crippen LogP contribution in [0.15, 0.2) is 30.3 Å². The van der Waals surface area contributed by atoms with Crippen molar-refractivity contribution in [3.8, 4) is 0 Å². The zero-order valence-corrected chi connectivity index (χ0v) is 13.1. The average Bonchev–Trinajstić information content (AvgIpc) is 2.97. The Balaban J connectivity index is 1.80. The lowest BCUT2D eigenvalue weighted by atomic mass is 10.2. The highest BCUT2D eigenvalue weighted by atomic mass is 32.2. The van der Waals surface area contributed by atoms with Crippen LogP contribution in [-0.4, -0.2) is 25.1 Å². The summed E-state index contributed by atoms with van der Waals surface area (Å²) in [6, 6.07) is 10.4. The molecule has 6 heteroatoms. The van der Waals surface area contributed by atoms with Crippen molar-refractivity contribution in [2.24, 2.45) is 0 Å².